The van der Waals surface area contributed by atoms with Gasteiger partial charge < -0.3 is 46.0 Å². The molecule has 10 N–H and O–H groups in total. The Morgan fingerprint density at radius 1 is 0.660 bits per heavy atom. The van der Waals surface area contributed by atoms with Crippen LogP contribution < -0.4 is 25.6 Å². The Labute approximate surface area is 564 Å². The van der Waals surface area contributed by atoms with Crippen LogP contribution in [0.15, 0.2) is 119 Å². The first kappa shape index (κ1) is 77.6. The van der Waals surface area contributed by atoms with Gasteiger partial charge in [0.25, 0.3) is 30.4 Å². The third-order valence-corrected chi connectivity index (χ3v) is 19.7. The Bertz CT molecular complexity index is 3980. The van der Waals surface area contributed by atoms with E-state index in [9.17, 15) is 92.6 Å². The second-order valence-corrected chi connectivity index (χ2v) is 29.9. The van der Waals surface area contributed by atoms with E-state index in [1.54, 1.807) is 30.3 Å². The molecule has 2 heterocycles. The maximum atomic E-state index is 13.7. The van der Waals surface area contributed by atoms with Crippen molar-refractivity contribution in [1.82, 2.24) is 16.0 Å². The lowest BCUT2D eigenvalue weighted by Gasteiger charge is -2.27. The first-order valence-corrected chi connectivity index (χ1v) is 36.5. The Morgan fingerprint density at radius 2 is 1.33 bits per heavy atom. The number of benzene rings is 3. The highest BCUT2D eigenvalue weighted by atomic mass is 32.2. The van der Waals surface area contributed by atoms with Crippen molar-refractivity contribution in [2.45, 2.75) is 171 Å². The fourth-order valence-corrected chi connectivity index (χ4v) is 13.8. The number of hydrogen-bond acceptors (Lipinski definition) is 16. The van der Waals surface area contributed by atoms with Gasteiger partial charge in [0.15, 0.2) is 11.5 Å². The van der Waals surface area contributed by atoms with Crippen molar-refractivity contribution in [3.63, 3.8) is 0 Å². The number of carboxylic acids is 4. The summed E-state index contributed by atoms with van der Waals surface area (Å²) in [5.41, 5.74) is 5.27. The number of aliphatic carboxylic acids is 4. The number of carbonyl (C=O) groups is 8. The molecular weight excluding hydrogens is 1320 g/mol. The van der Waals surface area contributed by atoms with Gasteiger partial charge in [-0.25, -0.2) is 9.59 Å². The number of ether oxygens (including phenoxy) is 1. The largest absolute Gasteiger partial charge is 0.481 e. The van der Waals surface area contributed by atoms with Crippen molar-refractivity contribution in [3.05, 3.63) is 130 Å². The number of para-hydroxylation sites is 1. The molecule has 3 atom stereocenters. The minimum atomic E-state index is -4.62. The molecule has 97 heavy (non-hydrogen) atoms. The molecule has 3 amide bonds. The number of ketones is 2. The second-order valence-electron chi connectivity index (χ2n) is 25.3. The molecule has 0 unspecified atom stereocenters. The highest BCUT2D eigenvalue weighted by molar-refractivity contribution is 7.86. The molecule has 30 heteroatoms. The number of Topliss-reactive ketones (excluding diaryl/α,β-unsaturated/α-hetero) is 2. The first-order valence-electron chi connectivity index (χ1n) is 31.9. The molecule has 1 aliphatic carbocycles. The number of nitrogens with zero attached hydrogens (tertiary/aromatic N) is 2. The first-order chi connectivity index (χ1) is 45.4. The summed E-state index contributed by atoms with van der Waals surface area (Å²) in [6, 6.07) is 14.7. The normalized spacial score (nSPS) is 17.0. The lowest BCUT2D eigenvalue weighted by Crippen LogP contribution is -2.46. The number of rotatable bonds is 39. The average molecular weight is 1410 g/mol. The van der Waals surface area contributed by atoms with Gasteiger partial charge in [-0.15, -0.1) is 0 Å². The zero-order valence-electron chi connectivity index (χ0n) is 54.5. The van der Waals surface area contributed by atoms with E-state index in [2.05, 4.69) is 34.4 Å². The van der Waals surface area contributed by atoms with Crippen LogP contribution in [-0.2, 0) is 81.2 Å². The van der Waals surface area contributed by atoms with Crippen molar-refractivity contribution in [3.8, 4) is 5.75 Å². The molecule has 0 saturated heterocycles. The van der Waals surface area contributed by atoms with Crippen molar-refractivity contribution in [2.24, 2.45) is 5.92 Å². The van der Waals surface area contributed by atoms with E-state index >= 15 is 0 Å². The molecule has 0 spiro atoms. The van der Waals surface area contributed by atoms with E-state index in [1.165, 1.54) is 12.1 Å². The van der Waals surface area contributed by atoms with Gasteiger partial charge in [-0.05, 0) is 149 Å². The molecule has 528 valence electrons. The van der Waals surface area contributed by atoms with Gasteiger partial charge in [0.1, 0.15) is 29.9 Å². The molecule has 2 aliphatic heterocycles. The zero-order valence-corrected chi connectivity index (χ0v) is 57.0. The summed E-state index contributed by atoms with van der Waals surface area (Å²) in [5.74, 6) is -8.73. The summed E-state index contributed by atoms with van der Waals surface area (Å²) < 4.78 is 110. The second kappa shape index (κ2) is 34.2. The minimum Gasteiger partial charge on any atom is -0.481 e. The molecule has 3 aromatic carbocycles. The van der Waals surface area contributed by atoms with Gasteiger partial charge in [-0.2, -0.15) is 29.8 Å². The van der Waals surface area contributed by atoms with Gasteiger partial charge in [0.2, 0.25) is 11.6 Å². The fraction of sp³-hybridized carbons (Fsp3) is 0.478. The SMILES string of the molecule is CC1(C)C(/C=C/C2=C(Oc3ccc(C[C@H](CC(=O)[C@H](CC(=O)O)NC(=O)CCCCC(=O)CC[C@H](NC(=O)NCCCC(=O)O)C(=O)O)C(=O)O)cc3)C(=C/C=C3/N(CCCCS(=O)(=O)O)c4ccc(S(=O)(=O)O)cc4C3(C)C)/CCC2)=[N+](CCCCS(=O)(=O)O)c2ccccc21. The standard InChI is InChI=1S/C67H85N5O22S3/c1-66(2)50-18-6-7-19-54(50)71(35-9-11-37-95(85,86)87)57(66)32-24-44-15-13-16-45(25-33-58-67(3,4)51-41-49(97(91,92)93)29-31-55(51)72(58)36-10-12-38-96(88,89)90)62(44)94-48-27-22-43(23-28-48)39-46(63(80)81)40-56(74)53(42-61(78)79)69-59(75)20-8-5-17-47(73)26-30-52(64(82)83)70-65(84)68-34-14-21-60(76)77/h6-7,18-19,22-25,27-29,31-33,41,46,52-53H,5,8-17,20-21,26,30,34-40,42H2,1-4H3,(H9-,68,69,70,75,76,77,78,79,80,81,82,83,84,85,86,87,88,89,90,91,92,93)/p+1/t46-,52+,53+/m1/s1. The van der Waals surface area contributed by atoms with Crippen LogP contribution >= 0.6 is 0 Å². The summed E-state index contributed by atoms with van der Waals surface area (Å²) >= 11 is 0. The van der Waals surface area contributed by atoms with E-state index in [4.69, 9.17) is 9.84 Å². The molecule has 27 nitrogen and oxygen atoms in total. The Balaban J connectivity index is 1.23. The third-order valence-electron chi connectivity index (χ3n) is 17.2. The summed E-state index contributed by atoms with van der Waals surface area (Å²) in [6.45, 7) is 8.59. The Kier molecular flexibility index (Phi) is 27.3. The van der Waals surface area contributed by atoms with Crippen LogP contribution in [0.1, 0.15) is 154 Å². The van der Waals surface area contributed by atoms with Gasteiger partial charge in [-0.1, -0.05) is 50.3 Å². The van der Waals surface area contributed by atoms with Gasteiger partial charge in [0, 0.05) is 86.1 Å². The molecule has 0 radical (unpaired) electrons. The number of amides is 3. The van der Waals surface area contributed by atoms with E-state index in [-0.39, 0.29) is 94.4 Å². The Hall–Kier alpha value is -8.42. The van der Waals surface area contributed by atoms with E-state index in [0.29, 0.717) is 72.7 Å². The summed E-state index contributed by atoms with van der Waals surface area (Å²) in [6.07, 6.45) is 8.12. The summed E-state index contributed by atoms with van der Waals surface area (Å²) in [4.78, 5) is 100. The lowest BCUT2D eigenvalue weighted by atomic mass is 9.81. The quantitative estimate of drug-likeness (QED) is 0.0147. The van der Waals surface area contributed by atoms with Crippen molar-refractivity contribution < 1.29 is 107 Å². The minimum absolute atomic E-state index is 0.0215. The molecule has 0 fully saturated rings. The summed E-state index contributed by atoms with van der Waals surface area (Å²) in [5, 5.41) is 45.3. The van der Waals surface area contributed by atoms with Crippen LogP contribution in [0.2, 0.25) is 0 Å². The molecule has 0 bridgehead atoms. The van der Waals surface area contributed by atoms with Crippen molar-refractivity contribution in [2.75, 3.05) is 36.0 Å². The number of urea groups is 1. The van der Waals surface area contributed by atoms with Gasteiger partial charge in [0.05, 0.1) is 40.2 Å². The topological polar surface area (TPSA) is 432 Å². The molecule has 0 aromatic heterocycles. The number of hydrogen-bond donors (Lipinski definition) is 10. The smallest absolute Gasteiger partial charge is 0.326 e. The number of fused-ring (bicyclic) bond motifs is 2. The average Bonchev–Trinajstić information content (AvgIpc) is 1.60. The zero-order chi connectivity index (χ0) is 71.6. The Morgan fingerprint density at radius 3 is 1.97 bits per heavy atom. The fourth-order valence-electron chi connectivity index (χ4n) is 12.1. The van der Waals surface area contributed by atoms with Crippen LogP contribution in [0, 0.1) is 5.92 Å². The molecule has 6 rings (SSSR count). The molecule has 3 aromatic rings. The van der Waals surface area contributed by atoms with Crippen molar-refractivity contribution in [1.29, 1.82) is 0 Å². The molecular formula is C67H86N5O22S3+. The monoisotopic (exact) mass is 1410 g/mol. The number of allylic oxidation sites excluding steroid dienone is 7. The predicted molar refractivity (Wildman–Crippen MR) is 357 cm³/mol. The van der Waals surface area contributed by atoms with Crippen LogP contribution in [0.5, 0.6) is 5.75 Å². The van der Waals surface area contributed by atoms with Gasteiger partial charge in [-0.3, -0.25) is 42.4 Å². The van der Waals surface area contributed by atoms with Crippen LogP contribution in [-0.4, -0.2) is 160 Å². The number of carbonyl (C=O) groups excluding carboxylic acids is 4. The number of nitrogens with one attached hydrogen (secondary N) is 3. The van der Waals surface area contributed by atoms with E-state index < -0.39 is 125 Å². The van der Waals surface area contributed by atoms with Gasteiger partial charge >= 0.3 is 29.9 Å². The highest BCUT2D eigenvalue weighted by Gasteiger charge is 2.45. The maximum absolute atomic E-state index is 13.7. The number of anilines is 1. The van der Waals surface area contributed by atoms with Crippen LogP contribution in [0.3, 0.4) is 0 Å². The van der Waals surface area contributed by atoms with Crippen molar-refractivity contribution >= 4 is 94.8 Å². The number of unbranched alkanes of at least 4 members (excludes halogenated alkanes) is 3. The highest BCUT2D eigenvalue weighted by Crippen LogP contribution is 2.49. The predicted octanol–water partition coefficient (Wildman–Crippen LogP) is 8.02. The molecule has 3 aliphatic rings. The summed E-state index contributed by atoms with van der Waals surface area (Å²) in [7, 11) is -13.1. The van der Waals surface area contributed by atoms with E-state index in [0.717, 1.165) is 28.1 Å². The van der Waals surface area contributed by atoms with Crippen LogP contribution in [0.4, 0.5) is 16.2 Å². The van der Waals surface area contributed by atoms with E-state index in [1.807, 2.05) is 67.3 Å². The van der Waals surface area contributed by atoms with Crippen LogP contribution in [0.25, 0.3) is 0 Å². The lowest BCUT2D eigenvalue weighted by molar-refractivity contribution is -0.438. The number of carboxylic acid groups (broad SMARTS) is 4. The maximum Gasteiger partial charge on any atom is 0.326 e. The third kappa shape index (κ3) is 23.1. The molecule has 0 saturated carbocycles.